The lowest BCUT2D eigenvalue weighted by molar-refractivity contribution is 0.103. The van der Waals surface area contributed by atoms with Gasteiger partial charge in [0, 0.05) is 15.8 Å². The Bertz CT molecular complexity index is 1020. The first kappa shape index (κ1) is 15.8. The third-order valence-corrected chi connectivity index (χ3v) is 5.45. The van der Waals surface area contributed by atoms with Crippen LogP contribution in [-0.4, -0.2) is 10.9 Å². The highest BCUT2D eigenvalue weighted by Crippen LogP contribution is 2.39. The minimum absolute atomic E-state index is 0.0493. The van der Waals surface area contributed by atoms with E-state index in [1.165, 1.54) is 11.3 Å². The predicted molar refractivity (Wildman–Crippen MR) is 102 cm³/mol. The Hall–Kier alpha value is -2.75. The lowest BCUT2D eigenvalue weighted by atomic mass is 9.96. The van der Waals surface area contributed by atoms with Crippen molar-refractivity contribution in [2.24, 2.45) is 0 Å². The largest absolute Gasteiger partial charge is 0.384 e. The smallest absolute Gasteiger partial charge is 0.203 e. The van der Waals surface area contributed by atoms with Gasteiger partial charge in [-0.1, -0.05) is 78.9 Å². The van der Waals surface area contributed by atoms with E-state index in [2.05, 4.69) is 0 Å². The molecule has 1 N–H and O–H groups in total. The lowest BCUT2D eigenvalue weighted by Crippen LogP contribution is -2.07. The fourth-order valence-electron chi connectivity index (χ4n) is 3.03. The standard InChI is InChI=1S/C22H16O2S/c23-20(15-9-3-1-4-10-15)19-17-13-7-8-14-18(17)25-22(19)21(24)16-11-5-2-6-12-16/h1-14,20,23H. The number of rotatable bonds is 4. The average Bonchev–Trinajstić information content (AvgIpc) is 3.07. The summed E-state index contributed by atoms with van der Waals surface area (Å²) in [6.45, 7) is 0. The molecule has 0 saturated heterocycles. The Labute approximate surface area is 150 Å². The Balaban J connectivity index is 1.91. The summed E-state index contributed by atoms with van der Waals surface area (Å²) in [5.74, 6) is -0.0493. The average molecular weight is 344 g/mol. The number of ketones is 1. The molecule has 4 aromatic rings. The van der Waals surface area contributed by atoms with E-state index in [9.17, 15) is 9.90 Å². The zero-order valence-corrected chi connectivity index (χ0v) is 14.2. The van der Waals surface area contributed by atoms with E-state index in [4.69, 9.17) is 0 Å². The zero-order chi connectivity index (χ0) is 17.2. The molecule has 1 atom stereocenters. The van der Waals surface area contributed by atoms with Crippen LogP contribution < -0.4 is 0 Å². The van der Waals surface area contributed by atoms with Crippen LogP contribution in [0, 0.1) is 0 Å². The molecule has 0 fully saturated rings. The molecule has 1 aromatic heterocycles. The van der Waals surface area contributed by atoms with E-state index in [0.29, 0.717) is 16.0 Å². The van der Waals surface area contributed by atoms with Crippen LogP contribution in [0.3, 0.4) is 0 Å². The number of fused-ring (bicyclic) bond motifs is 1. The van der Waals surface area contributed by atoms with Gasteiger partial charge < -0.3 is 5.11 Å². The summed E-state index contributed by atoms with van der Waals surface area (Å²) in [5, 5.41) is 11.9. The maximum absolute atomic E-state index is 13.1. The van der Waals surface area contributed by atoms with Crippen molar-refractivity contribution in [3.8, 4) is 0 Å². The zero-order valence-electron chi connectivity index (χ0n) is 13.4. The van der Waals surface area contributed by atoms with E-state index in [1.54, 1.807) is 0 Å². The summed E-state index contributed by atoms with van der Waals surface area (Å²) < 4.78 is 1.01. The first-order valence-electron chi connectivity index (χ1n) is 8.10. The molecule has 122 valence electrons. The van der Waals surface area contributed by atoms with E-state index in [0.717, 1.165) is 15.6 Å². The first-order chi connectivity index (χ1) is 12.3. The SMILES string of the molecule is O=C(c1ccccc1)c1sc2ccccc2c1C(O)c1ccccc1. The molecule has 0 aliphatic rings. The number of hydrogen-bond donors (Lipinski definition) is 1. The molecule has 4 rings (SSSR count). The molecule has 0 saturated carbocycles. The number of thiophene rings is 1. The molecular formula is C22H16O2S. The van der Waals surface area contributed by atoms with Crippen molar-refractivity contribution in [2.75, 3.05) is 0 Å². The van der Waals surface area contributed by atoms with Crippen LogP contribution in [0.5, 0.6) is 0 Å². The first-order valence-corrected chi connectivity index (χ1v) is 8.91. The molecule has 3 heteroatoms. The van der Waals surface area contributed by atoms with Crippen LogP contribution >= 0.6 is 11.3 Å². The van der Waals surface area contributed by atoms with Crippen molar-refractivity contribution < 1.29 is 9.90 Å². The Morgan fingerprint density at radius 1 is 0.800 bits per heavy atom. The third-order valence-electron chi connectivity index (χ3n) is 4.26. The van der Waals surface area contributed by atoms with Crippen LogP contribution in [0.4, 0.5) is 0 Å². The van der Waals surface area contributed by atoms with Crippen molar-refractivity contribution in [3.05, 3.63) is 106 Å². The summed E-state index contributed by atoms with van der Waals surface area (Å²) in [6.07, 6.45) is -0.833. The second-order valence-corrected chi connectivity index (χ2v) is 6.90. The van der Waals surface area contributed by atoms with Crippen LogP contribution in [0.15, 0.2) is 84.9 Å². The van der Waals surface area contributed by atoms with E-state index >= 15 is 0 Å². The molecule has 0 bridgehead atoms. The minimum Gasteiger partial charge on any atom is -0.384 e. The summed E-state index contributed by atoms with van der Waals surface area (Å²) >= 11 is 1.44. The van der Waals surface area contributed by atoms with Gasteiger partial charge in [-0.05, 0) is 17.0 Å². The van der Waals surface area contributed by atoms with Crippen LogP contribution in [0.25, 0.3) is 10.1 Å². The van der Waals surface area contributed by atoms with Crippen LogP contribution in [0.2, 0.25) is 0 Å². The van der Waals surface area contributed by atoms with Crippen molar-refractivity contribution >= 4 is 27.2 Å². The topological polar surface area (TPSA) is 37.3 Å². The highest BCUT2D eigenvalue weighted by atomic mass is 32.1. The number of aliphatic hydroxyl groups is 1. The molecule has 1 unspecified atom stereocenters. The van der Waals surface area contributed by atoms with Crippen molar-refractivity contribution in [1.82, 2.24) is 0 Å². The summed E-state index contributed by atoms with van der Waals surface area (Å²) in [7, 11) is 0. The third kappa shape index (κ3) is 2.88. The van der Waals surface area contributed by atoms with Gasteiger partial charge in [-0.2, -0.15) is 0 Å². The highest BCUT2D eigenvalue weighted by Gasteiger charge is 2.25. The summed E-state index contributed by atoms with van der Waals surface area (Å²) in [5.41, 5.74) is 2.12. The molecule has 0 radical (unpaired) electrons. The van der Waals surface area contributed by atoms with Gasteiger partial charge in [0.15, 0.2) is 0 Å². The van der Waals surface area contributed by atoms with Gasteiger partial charge in [-0.25, -0.2) is 0 Å². The van der Waals surface area contributed by atoms with Crippen LogP contribution in [-0.2, 0) is 0 Å². The summed E-state index contributed by atoms with van der Waals surface area (Å²) in [6, 6.07) is 26.5. The van der Waals surface area contributed by atoms with E-state index < -0.39 is 6.10 Å². The number of hydrogen-bond acceptors (Lipinski definition) is 3. The predicted octanol–water partition coefficient (Wildman–Crippen LogP) is 5.21. The van der Waals surface area contributed by atoms with Gasteiger partial charge in [0.2, 0.25) is 5.78 Å². The minimum atomic E-state index is -0.833. The maximum Gasteiger partial charge on any atom is 0.203 e. The van der Waals surface area contributed by atoms with Crippen LogP contribution in [0.1, 0.15) is 32.5 Å². The van der Waals surface area contributed by atoms with Gasteiger partial charge in [0.25, 0.3) is 0 Å². The van der Waals surface area contributed by atoms with Gasteiger partial charge in [-0.3, -0.25) is 4.79 Å². The monoisotopic (exact) mass is 344 g/mol. The molecule has 1 heterocycles. The molecule has 3 aromatic carbocycles. The van der Waals surface area contributed by atoms with Gasteiger partial charge in [-0.15, -0.1) is 11.3 Å². The quantitative estimate of drug-likeness (QED) is 0.516. The van der Waals surface area contributed by atoms with Gasteiger partial charge in [0.1, 0.15) is 6.10 Å². The number of benzene rings is 3. The Morgan fingerprint density at radius 2 is 1.40 bits per heavy atom. The molecule has 0 amide bonds. The van der Waals surface area contributed by atoms with E-state index in [1.807, 2.05) is 84.9 Å². The van der Waals surface area contributed by atoms with E-state index in [-0.39, 0.29) is 5.78 Å². The fraction of sp³-hybridized carbons (Fsp3) is 0.0455. The molecule has 0 aliphatic heterocycles. The fourth-order valence-corrected chi connectivity index (χ4v) is 4.22. The van der Waals surface area contributed by atoms with Crippen molar-refractivity contribution in [1.29, 1.82) is 0 Å². The second kappa shape index (κ2) is 6.63. The molecular weight excluding hydrogens is 328 g/mol. The molecule has 0 aliphatic carbocycles. The molecule has 25 heavy (non-hydrogen) atoms. The number of carbonyl (C=O) groups excluding carboxylic acids is 1. The van der Waals surface area contributed by atoms with Crippen molar-refractivity contribution in [3.63, 3.8) is 0 Å². The van der Waals surface area contributed by atoms with Gasteiger partial charge in [0.05, 0.1) is 4.88 Å². The second-order valence-electron chi connectivity index (χ2n) is 5.85. The number of aliphatic hydroxyl groups excluding tert-OH is 1. The summed E-state index contributed by atoms with van der Waals surface area (Å²) in [4.78, 5) is 13.7. The van der Waals surface area contributed by atoms with Gasteiger partial charge >= 0.3 is 0 Å². The maximum atomic E-state index is 13.1. The molecule has 0 spiro atoms. The highest BCUT2D eigenvalue weighted by molar-refractivity contribution is 7.21. The number of carbonyl (C=O) groups is 1. The Morgan fingerprint density at radius 3 is 2.12 bits per heavy atom. The molecule has 2 nitrogen and oxygen atoms in total. The lowest BCUT2D eigenvalue weighted by Gasteiger charge is -2.13. The normalized spacial score (nSPS) is 12.2. The Kier molecular flexibility index (Phi) is 4.18. The van der Waals surface area contributed by atoms with Crippen molar-refractivity contribution in [2.45, 2.75) is 6.10 Å².